The molecular weight excluding hydrogens is 260 g/mol. The summed E-state index contributed by atoms with van der Waals surface area (Å²) in [5.74, 6) is 2.82. The summed E-state index contributed by atoms with van der Waals surface area (Å²) >= 11 is 0. The molecule has 0 heterocycles. The fourth-order valence-corrected chi connectivity index (χ4v) is 4.35. The van der Waals surface area contributed by atoms with E-state index in [0.29, 0.717) is 6.54 Å². The summed E-state index contributed by atoms with van der Waals surface area (Å²) in [5, 5.41) is 10.4. The number of nitrogens with two attached hydrogens (primary N) is 1. The summed E-state index contributed by atoms with van der Waals surface area (Å²) < 4.78 is 0. The highest BCUT2D eigenvalue weighted by Crippen LogP contribution is 2.48. The fraction of sp³-hybridized carbons (Fsp3) is 0.667. The van der Waals surface area contributed by atoms with Crippen molar-refractivity contribution in [1.29, 1.82) is 0 Å². The van der Waals surface area contributed by atoms with Crippen LogP contribution in [0.2, 0.25) is 0 Å². The van der Waals surface area contributed by atoms with E-state index in [1.165, 1.54) is 25.7 Å². The van der Waals surface area contributed by atoms with Gasteiger partial charge in [0.25, 0.3) is 0 Å². The Hall–Kier alpha value is -0.900. The average molecular weight is 288 g/mol. The molecule has 0 aromatic heterocycles. The zero-order valence-corrected chi connectivity index (χ0v) is 13.0. The highest BCUT2D eigenvalue weighted by Gasteiger charge is 2.39. The number of rotatable bonds is 6. The molecule has 21 heavy (non-hydrogen) atoms. The molecule has 3 N–H and O–H groups in total. The van der Waals surface area contributed by atoms with E-state index in [9.17, 15) is 5.11 Å². The minimum atomic E-state index is -0.402. The normalized spacial score (nSPS) is 29.2. The van der Waals surface area contributed by atoms with Crippen LogP contribution in [0.25, 0.3) is 0 Å². The Morgan fingerprint density at radius 2 is 2.00 bits per heavy atom. The van der Waals surface area contributed by atoms with Gasteiger partial charge in [-0.25, -0.2) is 0 Å². The van der Waals surface area contributed by atoms with Crippen molar-refractivity contribution in [2.24, 2.45) is 23.5 Å². The maximum Gasteiger partial charge on any atom is 0.0916 e. The topological polar surface area (TPSA) is 49.5 Å². The molecule has 0 radical (unpaired) electrons. The molecule has 0 amide bonds. The maximum absolute atomic E-state index is 10.4. The molecule has 2 bridgehead atoms. The van der Waals surface area contributed by atoms with E-state index < -0.39 is 6.10 Å². The van der Waals surface area contributed by atoms with E-state index >= 15 is 0 Å². The third-order valence-corrected chi connectivity index (χ3v) is 5.52. The summed E-state index contributed by atoms with van der Waals surface area (Å²) in [6.45, 7) is 2.41. The highest BCUT2D eigenvalue weighted by atomic mass is 16.3. The number of hydrogen-bond acceptors (Lipinski definition) is 3. The van der Waals surface area contributed by atoms with Crippen molar-refractivity contribution in [2.45, 2.75) is 38.3 Å². The second kappa shape index (κ2) is 6.47. The van der Waals surface area contributed by atoms with Gasteiger partial charge in [0.2, 0.25) is 0 Å². The van der Waals surface area contributed by atoms with Gasteiger partial charge in [-0.3, -0.25) is 0 Å². The third kappa shape index (κ3) is 3.47. The van der Waals surface area contributed by atoms with Crippen molar-refractivity contribution in [3.8, 4) is 0 Å². The Kier molecular flexibility index (Phi) is 4.63. The molecule has 0 saturated heterocycles. The Morgan fingerprint density at radius 1 is 1.24 bits per heavy atom. The SMILES string of the molecule is CN(CC(O)c1ccc(CN)cc1)CC1CC2CCC1C2. The quantitative estimate of drug-likeness (QED) is 0.846. The van der Waals surface area contributed by atoms with Crippen LogP contribution in [0.5, 0.6) is 0 Å². The van der Waals surface area contributed by atoms with Crippen molar-refractivity contribution < 1.29 is 5.11 Å². The summed E-state index contributed by atoms with van der Waals surface area (Å²) in [4.78, 5) is 2.31. The lowest BCUT2D eigenvalue weighted by Gasteiger charge is -2.28. The van der Waals surface area contributed by atoms with Crippen LogP contribution in [0.4, 0.5) is 0 Å². The summed E-state index contributed by atoms with van der Waals surface area (Å²) in [5.41, 5.74) is 7.71. The molecule has 1 aromatic carbocycles. The zero-order chi connectivity index (χ0) is 14.8. The molecule has 0 aliphatic heterocycles. The second-order valence-corrected chi connectivity index (χ2v) is 7.12. The maximum atomic E-state index is 10.4. The number of hydrogen-bond donors (Lipinski definition) is 2. The molecule has 1 aromatic rings. The Balaban J connectivity index is 1.50. The van der Waals surface area contributed by atoms with Gasteiger partial charge in [0.1, 0.15) is 0 Å². The first-order valence-electron chi connectivity index (χ1n) is 8.31. The molecule has 2 aliphatic carbocycles. The minimum absolute atomic E-state index is 0.402. The first-order chi connectivity index (χ1) is 10.2. The van der Waals surface area contributed by atoms with Crippen LogP contribution in [0, 0.1) is 17.8 Å². The molecule has 2 fully saturated rings. The van der Waals surface area contributed by atoms with E-state index in [1.54, 1.807) is 0 Å². The largest absolute Gasteiger partial charge is 0.387 e. The van der Waals surface area contributed by atoms with Gasteiger partial charge in [0.15, 0.2) is 0 Å². The minimum Gasteiger partial charge on any atom is -0.387 e. The summed E-state index contributed by atoms with van der Waals surface area (Å²) in [6, 6.07) is 8.01. The van der Waals surface area contributed by atoms with E-state index in [0.717, 1.165) is 42.0 Å². The number of likely N-dealkylation sites (N-methyl/N-ethyl adjacent to an activating group) is 1. The van der Waals surface area contributed by atoms with Crippen molar-refractivity contribution in [2.75, 3.05) is 20.1 Å². The van der Waals surface area contributed by atoms with Crippen molar-refractivity contribution >= 4 is 0 Å². The molecule has 3 rings (SSSR count). The van der Waals surface area contributed by atoms with Gasteiger partial charge in [0, 0.05) is 19.6 Å². The van der Waals surface area contributed by atoms with Crippen LogP contribution in [-0.2, 0) is 6.54 Å². The number of nitrogens with zero attached hydrogens (tertiary/aromatic N) is 1. The summed E-state index contributed by atoms with van der Waals surface area (Å²) in [7, 11) is 2.14. The predicted molar refractivity (Wildman–Crippen MR) is 85.7 cm³/mol. The Bertz CT molecular complexity index is 459. The molecule has 4 atom stereocenters. The van der Waals surface area contributed by atoms with E-state index in [1.807, 2.05) is 24.3 Å². The van der Waals surface area contributed by atoms with Crippen molar-refractivity contribution in [3.63, 3.8) is 0 Å². The van der Waals surface area contributed by atoms with Gasteiger partial charge in [-0.05, 0) is 55.2 Å². The van der Waals surface area contributed by atoms with Crippen LogP contribution < -0.4 is 5.73 Å². The number of benzene rings is 1. The lowest BCUT2D eigenvalue weighted by Crippen LogP contribution is -2.32. The Morgan fingerprint density at radius 3 is 2.57 bits per heavy atom. The first-order valence-corrected chi connectivity index (χ1v) is 8.31. The van der Waals surface area contributed by atoms with E-state index in [4.69, 9.17) is 5.73 Å². The zero-order valence-electron chi connectivity index (χ0n) is 13.0. The monoisotopic (exact) mass is 288 g/mol. The van der Waals surface area contributed by atoms with Crippen molar-refractivity contribution in [3.05, 3.63) is 35.4 Å². The van der Waals surface area contributed by atoms with Gasteiger partial charge in [-0.2, -0.15) is 0 Å². The van der Waals surface area contributed by atoms with Crippen LogP contribution in [-0.4, -0.2) is 30.1 Å². The van der Waals surface area contributed by atoms with E-state index in [2.05, 4.69) is 11.9 Å². The van der Waals surface area contributed by atoms with E-state index in [-0.39, 0.29) is 0 Å². The molecule has 3 heteroatoms. The molecule has 0 spiro atoms. The van der Waals surface area contributed by atoms with Crippen LogP contribution in [0.1, 0.15) is 42.9 Å². The number of aliphatic hydroxyl groups is 1. The number of aliphatic hydroxyl groups excluding tert-OH is 1. The van der Waals surface area contributed by atoms with Crippen molar-refractivity contribution in [1.82, 2.24) is 4.90 Å². The molecule has 2 saturated carbocycles. The standard InChI is InChI=1S/C18H28N2O/c1-20(11-17-9-14-4-7-16(17)8-14)12-18(21)15-5-2-13(10-19)3-6-15/h2-3,5-6,14,16-18,21H,4,7-12,19H2,1H3. The molecule has 2 aliphatic rings. The lowest BCUT2D eigenvalue weighted by atomic mass is 9.88. The van der Waals surface area contributed by atoms with Crippen LogP contribution in [0.3, 0.4) is 0 Å². The van der Waals surface area contributed by atoms with Gasteiger partial charge in [0.05, 0.1) is 6.10 Å². The van der Waals surface area contributed by atoms with Crippen LogP contribution in [0.15, 0.2) is 24.3 Å². The average Bonchev–Trinajstić information content (AvgIpc) is 3.09. The van der Waals surface area contributed by atoms with Gasteiger partial charge < -0.3 is 15.7 Å². The Labute approximate surface area is 128 Å². The predicted octanol–water partition coefficient (Wildman–Crippen LogP) is 2.55. The molecule has 4 unspecified atom stereocenters. The molecule has 3 nitrogen and oxygen atoms in total. The smallest absolute Gasteiger partial charge is 0.0916 e. The van der Waals surface area contributed by atoms with Gasteiger partial charge in [-0.15, -0.1) is 0 Å². The lowest BCUT2D eigenvalue weighted by molar-refractivity contribution is 0.110. The molecule has 116 valence electrons. The fourth-order valence-electron chi connectivity index (χ4n) is 4.35. The number of fused-ring (bicyclic) bond motifs is 2. The first kappa shape index (κ1) is 15.0. The third-order valence-electron chi connectivity index (χ3n) is 5.52. The summed E-state index contributed by atoms with van der Waals surface area (Å²) in [6.07, 6.45) is 5.37. The highest BCUT2D eigenvalue weighted by molar-refractivity contribution is 5.24. The van der Waals surface area contributed by atoms with Gasteiger partial charge in [-0.1, -0.05) is 30.7 Å². The van der Waals surface area contributed by atoms with Gasteiger partial charge >= 0.3 is 0 Å². The molecular formula is C18H28N2O. The van der Waals surface area contributed by atoms with Crippen LogP contribution >= 0.6 is 0 Å². The second-order valence-electron chi connectivity index (χ2n) is 7.12.